The van der Waals surface area contributed by atoms with Gasteiger partial charge in [0.2, 0.25) is 0 Å². The van der Waals surface area contributed by atoms with Crippen LogP contribution in [0.5, 0.6) is 0 Å². The third-order valence-corrected chi connectivity index (χ3v) is 3.35. The summed E-state index contributed by atoms with van der Waals surface area (Å²) in [6, 6.07) is 9.65. The Labute approximate surface area is 126 Å². The van der Waals surface area contributed by atoms with Crippen molar-refractivity contribution in [2.45, 2.75) is 27.7 Å². The van der Waals surface area contributed by atoms with Gasteiger partial charge in [-0.3, -0.25) is 4.79 Å². The van der Waals surface area contributed by atoms with E-state index >= 15 is 0 Å². The van der Waals surface area contributed by atoms with Gasteiger partial charge in [-0.2, -0.15) is 5.10 Å². The van der Waals surface area contributed by atoms with Gasteiger partial charge in [0, 0.05) is 24.8 Å². The monoisotopic (exact) mass is 285 g/mol. The molecule has 0 atom stereocenters. The van der Waals surface area contributed by atoms with E-state index in [1.54, 1.807) is 4.90 Å². The number of nitrogens with zero attached hydrogens (tertiary/aromatic N) is 3. The summed E-state index contributed by atoms with van der Waals surface area (Å²) in [4.78, 5) is 14.1. The van der Waals surface area contributed by atoms with Crippen molar-refractivity contribution in [2.24, 2.45) is 5.92 Å². The molecule has 0 saturated heterocycles. The topological polar surface area (TPSA) is 38.1 Å². The number of rotatable bonds is 4. The van der Waals surface area contributed by atoms with Gasteiger partial charge in [-0.25, -0.2) is 4.68 Å². The number of hydrogen-bond acceptors (Lipinski definition) is 2. The second-order valence-corrected chi connectivity index (χ2v) is 5.97. The Balaban J connectivity index is 2.19. The maximum atomic E-state index is 12.3. The van der Waals surface area contributed by atoms with Crippen molar-refractivity contribution >= 4 is 5.91 Å². The number of benzene rings is 1. The number of aryl methyl sites for hydroxylation is 2. The first-order valence-electron chi connectivity index (χ1n) is 7.27. The van der Waals surface area contributed by atoms with E-state index < -0.39 is 0 Å². The fourth-order valence-corrected chi connectivity index (χ4v) is 2.49. The highest BCUT2D eigenvalue weighted by Crippen LogP contribution is 2.14. The molecular weight excluding hydrogens is 262 g/mol. The molecule has 1 amide bonds. The Morgan fingerprint density at radius 3 is 2.33 bits per heavy atom. The van der Waals surface area contributed by atoms with Crippen LogP contribution in [-0.4, -0.2) is 34.2 Å². The molecular formula is C17H23N3O. The van der Waals surface area contributed by atoms with Crippen LogP contribution < -0.4 is 0 Å². The quantitative estimate of drug-likeness (QED) is 0.865. The maximum Gasteiger partial charge on any atom is 0.253 e. The molecule has 0 bridgehead atoms. The lowest BCUT2D eigenvalue weighted by molar-refractivity contribution is 0.0779. The summed E-state index contributed by atoms with van der Waals surface area (Å²) in [6.45, 7) is 8.97. The van der Waals surface area contributed by atoms with E-state index in [1.807, 2.05) is 55.9 Å². The number of carbonyl (C=O) groups excluding carboxylic acids is 1. The number of hydrogen-bond donors (Lipinski definition) is 0. The molecule has 2 rings (SSSR count). The summed E-state index contributed by atoms with van der Waals surface area (Å²) >= 11 is 0. The third kappa shape index (κ3) is 3.51. The van der Waals surface area contributed by atoms with Crippen molar-refractivity contribution in [3.63, 3.8) is 0 Å². The van der Waals surface area contributed by atoms with Gasteiger partial charge in [-0.1, -0.05) is 13.8 Å². The van der Waals surface area contributed by atoms with Crippen molar-refractivity contribution in [1.82, 2.24) is 14.7 Å². The van der Waals surface area contributed by atoms with Crippen LogP contribution in [0.2, 0.25) is 0 Å². The van der Waals surface area contributed by atoms with E-state index in [4.69, 9.17) is 0 Å². The third-order valence-electron chi connectivity index (χ3n) is 3.35. The Hall–Kier alpha value is -2.10. The molecule has 1 aromatic heterocycles. The average Bonchev–Trinajstić information content (AvgIpc) is 2.76. The van der Waals surface area contributed by atoms with E-state index in [0.717, 1.165) is 23.6 Å². The standard InChI is InChI=1S/C17H23N3O/c1-12(2)11-19(5)17(21)15-6-8-16(9-7-15)20-14(4)10-13(3)18-20/h6-10,12H,11H2,1-5H3. The molecule has 0 spiro atoms. The van der Waals surface area contributed by atoms with E-state index in [1.165, 1.54) is 0 Å². The SMILES string of the molecule is Cc1cc(C)n(-c2ccc(C(=O)N(C)CC(C)C)cc2)n1. The molecule has 0 unspecified atom stereocenters. The lowest BCUT2D eigenvalue weighted by Gasteiger charge is -2.19. The lowest BCUT2D eigenvalue weighted by Crippen LogP contribution is -2.30. The molecule has 0 N–H and O–H groups in total. The number of aromatic nitrogens is 2. The average molecular weight is 285 g/mol. The summed E-state index contributed by atoms with van der Waals surface area (Å²) in [5, 5.41) is 4.45. The maximum absolute atomic E-state index is 12.3. The van der Waals surface area contributed by atoms with E-state index in [0.29, 0.717) is 11.5 Å². The Kier molecular flexibility index (Phi) is 4.46. The van der Waals surface area contributed by atoms with Crippen LogP contribution in [0.25, 0.3) is 5.69 Å². The molecule has 0 radical (unpaired) electrons. The zero-order valence-corrected chi connectivity index (χ0v) is 13.4. The van der Waals surface area contributed by atoms with Crippen molar-refractivity contribution in [1.29, 1.82) is 0 Å². The molecule has 112 valence electrons. The van der Waals surface area contributed by atoms with Crippen LogP contribution >= 0.6 is 0 Å². The van der Waals surface area contributed by atoms with E-state index in [-0.39, 0.29) is 5.91 Å². The van der Waals surface area contributed by atoms with Crippen LogP contribution in [0, 0.1) is 19.8 Å². The minimum atomic E-state index is 0.0589. The molecule has 4 heteroatoms. The summed E-state index contributed by atoms with van der Waals surface area (Å²) in [5.41, 5.74) is 3.76. The predicted octanol–water partition coefficient (Wildman–Crippen LogP) is 3.22. The first kappa shape index (κ1) is 15.3. The van der Waals surface area contributed by atoms with Crippen LogP contribution in [0.15, 0.2) is 30.3 Å². The summed E-state index contributed by atoms with van der Waals surface area (Å²) in [5.74, 6) is 0.525. The summed E-state index contributed by atoms with van der Waals surface area (Å²) < 4.78 is 1.89. The van der Waals surface area contributed by atoms with Gasteiger partial charge in [0.05, 0.1) is 11.4 Å². The van der Waals surface area contributed by atoms with Crippen LogP contribution in [-0.2, 0) is 0 Å². The Morgan fingerprint density at radius 1 is 1.24 bits per heavy atom. The largest absolute Gasteiger partial charge is 0.341 e. The summed E-state index contributed by atoms with van der Waals surface area (Å²) in [7, 11) is 1.84. The van der Waals surface area contributed by atoms with Gasteiger partial charge >= 0.3 is 0 Å². The van der Waals surface area contributed by atoms with E-state index in [9.17, 15) is 4.79 Å². The molecule has 0 aliphatic carbocycles. The van der Waals surface area contributed by atoms with Crippen LogP contribution in [0.3, 0.4) is 0 Å². The van der Waals surface area contributed by atoms with Gasteiger partial charge in [-0.15, -0.1) is 0 Å². The first-order chi connectivity index (χ1) is 9.88. The fourth-order valence-electron chi connectivity index (χ4n) is 2.49. The normalized spacial score (nSPS) is 11.0. The molecule has 0 fully saturated rings. The Bertz CT molecular complexity index is 626. The highest BCUT2D eigenvalue weighted by atomic mass is 16.2. The molecule has 1 heterocycles. The van der Waals surface area contributed by atoms with Crippen molar-refractivity contribution in [3.05, 3.63) is 47.3 Å². The van der Waals surface area contributed by atoms with Crippen LogP contribution in [0.4, 0.5) is 0 Å². The van der Waals surface area contributed by atoms with Gasteiger partial charge in [-0.05, 0) is 50.1 Å². The van der Waals surface area contributed by atoms with Gasteiger partial charge in [0.1, 0.15) is 0 Å². The molecule has 0 saturated carbocycles. The molecule has 4 nitrogen and oxygen atoms in total. The fraction of sp³-hybridized carbons (Fsp3) is 0.412. The van der Waals surface area contributed by atoms with Crippen molar-refractivity contribution < 1.29 is 4.79 Å². The summed E-state index contributed by atoms with van der Waals surface area (Å²) in [6.07, 6.45) is 0. The Morgan fingerprint density at radius 2 is 1.86 bits per heavy atom. The van der Waals surface area contributed by atoms with Crippen molar-refractivity contribution in [2.75, 3.05) is 13.6 Å². The van der Waals surface area contributed by atoms with Gasteiger partial charge < -0.3 is 4.90 Å². The zero-order chi connectivity index (χ0) is 15.6. The van der Waals surface area contributed by atoms with Crippen LogP contribution in [0.1, 0.15) is 35.6 Å². The molecule has 0 aliphatic rings. The molecule has 2 aromatic rings. The number of amides is 1. The molecule has 0 aliphatic heterocycles. The van der Waals surface area contributed by atoms with Gasteiger partial charge in [0.25, 0.3) is 5.91 Å². The minimum absolute atomic E-state index is 0.0589. The van der Waals surface area contributed by atoms with Gasteiger partial charge in [0.15, 0.2) is 0 Å². The lowest BCUT2D eigenvalue weighted by atomic mass is 10.1. The second kappa shape index (κ2) is 6.12. The zero-order valence-electron chi connectivity index (χ0n) is 13.4. The highest BCUT2D eigenvalue weighted by molar-refractivity contribution is 5.94. The predicted molar refractivity (Wildman–Crippen MR) is 84.8 cm³/mol. The highest BCUT2D eigenvalue weighted by Gasteiger charge is 2.13. The smallest absolute Gasteiger partial charge is 0.253 e. The van der Waals surface area contributed by atoms with E-state index in [2.05, 4.69) is 18.9 Å². The van der Waals surface area contributed by atoms with Crippen molar-refractivity contribution in [3.8, 4) is 5.69 Å². The minimum Gasteiger partial charge on any atom is -0.341 e. The molecule has 21 heavy (non-hydrogen) atoms. The second-order valence-electron chi connectivity index (χ2n) is 5.97. The number of carbonyl (C=O) groups is 1. The molecule has 1 aromatic carbocycles. The first-order valence-corrected chi connectivity index (χ1v) is 7.27.